The van der Waals surface area contributed by atoms with Gasteiger partial charge in [0.05, 0.1) is 0 Å². The van der Waals surface area contributed by atoms with Crippen LogP contribution in [-0.4, -0.2) is 33.4 Å². The first kappa shape index (κ1) is 13.2. The molecule has 6 heteroatoms. The number of aromatic nitrogens is 2. The van der Waals surface area contributed by atoms with Crippen LogP contribution in [0.3, 0.4) is 0 Å². The highest BCUT2D eigenvalue weighted by Crippen LogP contribution is 2.30. The summed E-state index contributed by atoms with van der Waals surface area (Å²) in [6, 6.07) is 3.88. The van der Waals surface area contributed by atoms with E-state index in [1.165, 1.54) is 0 Å². The van der Waals surface area contributed by atoms with Crippen molar-refractivity contribution in [1.29, 1.82) is 0 Å². The van der Waals surface area contributed by atoms with Crippen LogP contribution in [0.15, 0.2) is 28.9 Å². The number of likely N-dealkylation sites (tertiary alicyclic amines) is 1. The van der Waals surface area contributed by atoms with Crippen molar-refractivity contribution in [2.45, 2.75) is 25.8 Å². The first-order valence-electron chi connectivity index (χ1n) is 6.69. The van der Waals surface area contributed by atoms with Crippen molar-refractivity contribution in [1.82, 2.24) is 14.5 Å². The Bertz CT molecular complexity index is 611. The fourth-order valence-electron chi connectivity index (χ4n) is 2.69. The molecule has 0 aromatic carbocycles. The third-order valence-corrected chi connectivity index (χ3v) is 3.97. The second-order valence-corrected chi connectivity index (χ2v) is 5.37. The van der Waals surface area contributed by atoms with E-state index in [9.17, 15) is 4.79 Å². The molecule has 1 aliphatic heterocycles. The molecule has 5 nitrogen and oxygen atoms in total. The van der Waals surface area contributed by atoms with E-state index >= 15 is 0 Å². The third kappa shape index (κ3) is 2.45. The van der Waals surface area contributed by atoms with Gasteiger partial charge in [0.15, 0.2) is 16.8 Å². The Labute approximate surface area is 122 Å². The number of hydrogen-bond donors (Lipinski definition) is 0. The first-order chi connectivity index (χ1) is 9.65. The smallest absolute Gasteiger partial charge is 0.219 e. The Morgan fingerprint density at radius 2 is 2.15 bits per heavy atom. The predicted molar refractivity (Wildman–Crippen MR) is 75.5 cm³/mol. The van der Waals surface area contributed by atoms with Gasteiger partial charge in [-0.3, -0.25) is 4.79 Å². The van der Waals surface area contributed by atoms with Gasteiger partial charge in [-0.1, -0.05) is 0 Å². The molecule has 0 N–H and O–H groups in total. The highest BCUT2D eigenvalue weighted by molar-refractivity contribution is 6.28. The van der Waals surface area contributed by atoms with Gasteiger partial charge >= 0.3 is 0 Å². The van der Waals surface area contributed by atoms with Crippen LogP contribution in [0, 0.1) is 0 Å². The lowest BCUT2D eigenvalue weighted by molar-refractivity contribution is -0.130. The molecule has 1 fully saturated rings. The summed E-state index contributed by atoms with van der Waals surface area (Å²) in [4.78, 5) is 17.6. The molecule has 0 atom stereocenters. The average molecular weight is 294 g/mol. The van der Waals surface area contributed by atoms with E-state index in [0.29, 0.717) is 17.0 Å². The summed E-state index contributed by atoms with van der Waals surface area (Å²) in [5, 5.41) is 0.362. The van der Waals surface area contributed by atoms with Crippen molar-refractivity contribution in [2.24, 2.45) is 0 Å². The highest BCUT2D eigenvalue weighted by Gasteiger charge is 2.24. The molecule has 1 amide bonds. The van der Waals surface area contributed by atoms with Crippen LogP contribution in [0.5, 0.6) is 0 Å². The van der Waals surface area contributed by atoms with Crippen molar-refractivity contribution in [3.05, 3.63) is 29.7 Å². The molecule has 3 heterocycles. The minimum absolute atomic E-state index is 0.145. The number of piperidine rings is 1. The largest absolute Gasteiger partial charge is 0.441 e. The van der Waals surface area contributed by atoms with Crippen LogP contribution >= 0.6 is 11.6 Å². The maximum absolute atomic E-state index is 11.4. The van der Waals surface area contributed by atoms with Gasteiger partial charge in [0.2, 0.25) is 5.91 Å². The van der Waals surface area contributed by atoms with Crippen LogP contribution in [0.1, 0.15) is 25.8 Å². The molecule has 106 valence electrons. The average Bonchev–Trinajstić information content (AvgIpc) is 3.07. The molecule has 0 unspecified atom stereocenters. The van der Waals surface area contributed by atoms with Gasteiger partial charge in [-0.25, -0.2) is 4.98 Å². The lowest BCUT2D eigenvalue weighted by Gasteiger charge is -2.32. The van der Waals surface area contributed by atoms with Crippen molar-refractivity contribution in [2.75, 3.05) is 13.1 Å². The second-order valence-electron chi connectivity index (χ2n) is 5.00. The summed E-state index contributed by atoms with van der Waals surface area (Å²) in [6.45, 7) is 3.20. The second kappa shape index (κ2) is 5.32. The van der Waals surface area contributed by atoms with Crippen LogP contribution < -0.4 is 0 Å². The number of carbonyl (C=O) groups excluding carboxylic acids is 1. The molecule has 2 aromatic rings. The fraction of sp³-hybridized carbons (Fsp3) is 0.429. The summed E-state index contributed by atoms with van der Waals surface area (Å²) in [5.41, 5.74) is 0. The molecule has 1 aliphatic rings. The molecule has 0 radical (unpaired) electrons. The van der Waals surface area contributed by atoms with E-state index in [1.54, 1.807) is 19.2 Å². The van der Waals surface area contributed by atoms with Gasteiger partial charge in [-0.05, 0) is 36.6 Å². The minimum Gasteiger partial charge on any atom is -0.441 e. The molecule has 0 spiro atoms. The number of imidazole rings is 1. The Kier molecular flexibility index (Phi) is 3.53. The van der Waals surface area contributed by atoms with E-state index in [-0.39, 0.29) is 5.91 Å². The van der Waals surface area contributed by atoms with Crippen molar-refractivity contribution in [3.8, 4) is 11.6 Å². The van der Waals surface area contributed by atoms with E-state index in [0.717, 1.165) is 31.8 Å². The van der Waals surface area contributed by atoms with E-state index in [2.05, 4.69) is 9.55 Å². The molecule has 2 aromatic heterocycles. The number of nitrogens with zero attached hydrogens (tertiary/aromatic N) is 3. The summed E-state index contributed by atoms with van der Waals surface area (Å²) in [6.07, 6.45) is 5.58. The molecule has 20 heavy (non-hydrogen) atoms. The summed E-state index contributed by atoms with van der Waals surface area (Å²) < 4.78 is 7.55. The number of amides is 1. The Morgan fingerprint density at radius 1 is 1.40 bits per heavy atom. The molecule has 1 saturated heterocycles. The quantitative estimate of drug-likeness (QED) is 0.855. The van der Waals surface area contributed by atoms with Gasteiger partial charge in [0, 0.05) is 38.4 Å². The molecule has 0 aliphatic carbocycles. The van der Waals surface area contributed by atoms with Crippen LogP contribution in [-0.2, 0) is 4.79 Å². The van der Waals surface area contributed by atoms with E-state index in [4.69, 9.17) is 16.0 Å². The number of halogens is 1. The van der Waals surface area contributed by atoms with Crippen molar-refractivity contribution in [3.63, 3.8) is 0 Å². The van der Waals surface area contributed by atoms with Gasteiger partial charge in [-0.15, -0.1) is 0 Å². The van der Waals surface area contributed by atoms with Crippen molar-refractivity contribution < 1.29 is 9.21 Å². The van der Waals surface area contributed by atoms with Gasteiger partial charge in [0.1, 0.15) is 0 Å². The lowest BCUT2D eigenvalue weighted by Crippen LogP contribution is -2.37. The Balaban J connectivity index is 1.79. The normalized spacial score (nSPS) is 16.6. The summed E-state index contributed by atoms with van der Waals surface area (Å²) in [7, 11) is 0. The topological polar surface area (TPSA) is 51.3 Å². The standard InChI is InChI=1S/C14H16ClN3O2/c1-10(19)17-7-4-11(5-8-17)18-9-6-16-14(18)12-2-3-13(15)20-12/h2-3,6,9,11H,4-5,7-8H2,1H3. The molecule has 3 rings (SSSR count). The minimum atomic E-state index is 0.145. The van der Waals surface area contributed by atoms with Gasteiger partial charge in [0.25, 0.3) is 0 Å². The monoisotopic (exact) mass is 293 g/mol. The lowest BCUT2D eigenvalue weighted by atomic mass is 10.0. The maximum atomic E-state index is 11.4. The van der Waals surface area contributed by atoms with Gasteiger partial charge < -0.3 is 13.9 Å². The maximum Gasteiger partial charge on any atom is 0.219 e. The van der Waals surface area contributed by atoms with Gasteiger partial charge in [-0.2, -0.15) is 0 Å². The molecule has 0 bridgehead atoms. The third-order valence-electron chi connectivity index (χ3n) is 3.77. The van der Waals surface area contributed by atoms with Crippen molar-refractivity contribution >= 4 is 17.5 Å². The zero-order valence-electron chi connectivity index (χ0n) is 11.3. The number of hydrogen-bond acceptors (Lipinski definition) is 3. The zero-order valence-corrected chi connectivity index (χ0v) is 12.0. The number of rotatable bonds is 2. The van der Waals surface area contributed by atoms with Crippen LogP contribution in [0.4, 0.5) is 0 Å². The number of furan rings is 1. The van der Waals surface area contributed by atoms with E-state index in [1.807, 2.05) is 17.2 Å². The number of carbonyl (C=O) groups is 1. The Hall–Kier alpha value is -1.75. The molecular formula is C14H16ClN3O2. The Morgan fingerprint density at radius 3 is 2.75 bits per heavy atom. The fourth-order valence-corrected chi connectivity index (χ4v) is 2.84. The SMILES string of the molecule is CC(=O)N1CCC(n2ccnc2-c2ccc(Cl)o2)CC1. The molecule has 0 saturated carbocycles. The zero-order chi connectivity index (χ0) is 14.1. The summed E-state index contributed by atoms with van der Waals surface area (Å²) in [5.74, 6) is 1.61. The van der Waals surface area contributed by atoms with E-state index < -0.39 is 0 Å². The first-order valence-corrected chi connectivity index (χ1v) is 7.07. The molecular weight excluding hydrogens is 278 g/mol. The van der Waals surface area contributed by atoms with Crippen LogP contribution in [0.25, 0.3) is 11.6 Å². The summed E-state index contributed by atoms with van der Waals surface area (Å²) >= 11 is 5.82. The highest BCUT2D eigenvalue weighted by atomic mass is 35.5. The predicted octanol–water partition coefficient (Wildman–Crippen LogP) is 2.98. The van der Waals surface area contributed by atoms with Crippen LogP contribution in [0.2, 0.25) is 5.22 Å².